The number of benzene rings is 1. The summed E-state index contributed by atoms with van der Waals surface area (Å²) in [6.45, 7) is 1.70. The van der Waals surface area contributed by atoms with E-state index in [1.807, 2.05) is 0 Å². The third-order valence-electron chi connectivity index (χ3n) is 3.74. The van der Waals surface area contributed by atoms with Gasteiger partial charge in [0.1, 0.15) is 5.69 Å². The molecule has 9 nitrogen and oxygen atoms in total. The molecular weight excluding hydrogens is 330 g/mol. The van der Waals surface area contributed by atoms with E-state index in [9.17, 15) is 19.7 Å². The van der Waals surface area contributed by atoms with E-state index in [4.69, 9.17) is 4.52 Å². The lowest BCUT2D eigenvalue weighted by Gasteiger charge is -2.22. The van der Waals surface area contributed by atoms with E-state index < -0.39 is 22.8 Å². The number of esters is 1. The van der Waals surface area contributed by atoms with Crippen molar-refractivity contribution in [2.75, 3.05) is 14.2 Å². The van der Waals surface area contributed by atoms with E-state index in [0.717, 1.165) is 0 Å². The molecule has 0 aliphatic heterocycles. The number of non-ortho nitro benzene ring substituents is 1. The maximum absolute atomic E-state index is 12.4. The van der Waals surface area contributed by atoms with Crippen LogP contribution in [0.3, 0.4) is 0 Å². The number of hydrogen-bond acceptors (Lipinski definition) is 7. The topological polar surface area (TPSA) is 116 Å². The number of nitro groups is 1. The Hall–Kier alpha value is -3.23. The van der Waals surface area contributed by atoms with Crippen LogP contribution in [-0.4, -0.2) is 47.1 Å². The van der Waals surface area contributed by atoms with E-state index in [2.05, 4.69) is 9.89 Å². The number of ether oxygens (including phenoxy) is 1. The highest BCUT2D eigenvalue weighted by Gasteiger charge is 2.24. The molecule has 0 saturated carbocycles. The first-order chi connectivity index (χ1) is 11.8. The summed E-state index contributed by atoms with van der Waals surface area (Å²) in [6.07, 6.45) is 0.0462. The van der Waals surface area contributed by atoms with E-state index in [1.54, 1.807) is 13.0 Å². The second-order valence-corrected chi connectivity index (χ2v) is 5.43. The molecule has 0 aliphatic rings. The third-order valence-corrected chi connectivity index (χ3v) is 3.74. The Bertz CT molecular complexity index is 801. The minimum absolute atomic E-state index is 0.0271. The average molecular weight is 347 g/mol. The fraction of sp³-hybridized carbons (Fsp3) is 0.312. The highest BCUT2D eigenvalue weighted by Crippen LogP contribution is 2.24. The third kappa shape index (κ3) is 4.19. The minimum atomic E-state index is -0.516. The lowest BCUT2D eigenvalue weighted by atomic mass is 10.1. The van der Waals surface area contributed by atoms with Crippen molar-refractivity contribution < 1.29 is 23.8 Å². The molecule has 25 heavy (non-hydrogen) atoms. The zero-order valence-electron chi connectivity index (χ0n) is 14.0. The molecule has 132 valence electrons. The van der Waals surface area contributed by atoms with Crippen LogP contribution in [0.1, 0.15) is 23.9 Å². The van der Waals surface area contributed by atoms with Crippen molar-refractivity contribution in [3.05, 3.63) is 46.2 Å². The van der Waals surface area contributed by atoms with E-state index >= 15 is 0 Å². The fourth-order valence-corrected chi connectivity index (χ4v) is 2.13. The van der Waals surface area contributed by atoms with Gasteiger partial charge in [-0.3, -0.25) is 19.7 Å². The first kappa shape index (κ1) is 18.1. The number of carbonyl (C=O) groups is 2. The molecule has 9 heteroatoms. The summed E-state index contributed by atoms with van der Waals surface area (Å²) < 4.78 is 9.64. The van der Waals surface area contributed by atoms with Crippen molar-refractivity contribution in [3.63, 3.8) is 0 Å². The first-order valence-electron chi connectivity index (χ1n) is 7.39. The Morgan fingerprint density at radius 3 is 2.76 bits per heavy atom. The molecule has 0 spiro atoms. The molecule has 2 rings (SSSR count). The van der Waals surface area contributed by atoms with Crippen LogP contribution >= 0.6 is 0 Å². The molecule has 0 bridgehead atoms. The molecule has 0 saturated heterocycles. The SMILES string of the molecule is COC(=O)CC(C)N(C)C(=O)c1cc(-c2cccc([N+](=O)[O-])c2)no1. The molecule has 1 unspecified atom stereocenters. The smallest absolute Gasteiger partial charge is 0.307 e. The first-order valence-corrected chi connectivity index (χ1v) is 7.39. The van der Waals surface area contributed by atoms with Gasteiger partial charge in [-0.05, 0) is 6.92 Å². The minimum Gasteiger partial charge on any atom is -0.469 e. The lowest BCUT2D eigenvalue weighted by Crippen LogP contribution is -2.36. The number of nitro benzene ring substituents is 1. The Labute approximate surface area is 143 Å². The normalized spacial score (nSPS) is 11.6. The Morgan fingerprint density at radius 1 is 1.40 bits per heavy atom. The van der Waals surface area contributed by atoms with Gasteiger partial charge in [-0.1, -0.05) is 17.3 Å². The molecule has 1 heterocycles. The summed E-state index contributed by atoms with van der Waals surface area (Å²) in [5.41, 5.74) is 0.681. The molecule has 0 radical (unpaired) electrons. The molecule has 0 aliphatic carbocycles. The summed E-state index contributed by atoms with van der Waals surface area (Å²) >= 11 is 0. The van der Waals surface area contributed by atoms with Crippen LogP contribution in [0.5, 0.6) is 0 Å². The van der Waals surface area contributed by atoms with Crippen LogP contribution < -0.4 is 0 Å². The average Bonchev–Trinajstić information content (AvgIpc) is 3.10. The zero-order chi connectivity index (χ0) is 18.6. The van der Waals surface area contributed by atoms with Crippen LogP contribution in [0.25, 0.3) is 11.3 Å². The number of amides is 1. The number of rotatable bonds is 6. The maximum atomic E-state index is 12.4. The number of aromatic nitrogens is 1. The summed E-state index contributed by atoms with van der Waals surface area (Å²) in [6, 6.07) is 6.86. The highest BCUT2D eigenvalue weighted by atomic mass is 16.6. The van der Waals surface area contributed by atoms with Gasteiger partial charge in [0.2, 0.25) is 5.76 Å². The largest absolute Gasteiger partial charge is 0.469 e. The predicted molar refractivity (Wildman–Crippen MR) is 86.8 cm³/mol. The second kappa shape index (κ2) is 7.56. The predicted octanol–water partition coefficient (Wildman–Crippen LogP) is 2.27. The molecule has 2 aromatic rings. The van der Waals surface area contributed by atoms with E-state index in [1.165, 1.54) is 43.3 Å². The van der Waals surface area contributed by atoms with Crippen molar-refractivity contribution in [2.24, 2.45) is 0 Å². The second-order valence-electron chi connectivity index (χ2n) is 5.43. The van der Waals surface area contributed by atoms with Gasteiger partial charge >= 0.3 is 5.97 Å². The number of nitrogens with zero attached hydrogens (tertiary/aromatic N) is 3. The molecule has 1 amide bonds. The van der Waals surface area contributed by atoms with Crippen LogP contribution in [0.4, 0.5) is 5.69 Å². The van der Waals surface area contributed by atoms with Gasteiger partial charge in [-0.2, -0.15) is 0 Å². The molecule has 0 N–H and O–H groups in total. The molecule has 0 fully saturated rings. The summed E-state index contributed by atoms with van der Waals surface area (Å²) in [7, 11) is 2.81. The standard InChI is InChI=1S/C16H17N3O6/c1-10(7-15(20)24-3)18(2)16(21)14-9-13(17-25-14)11-5-4-6-12(8-11)19(22)23/h4-6,8-10H,7H2,1-3H3. The van der Waals surface area contributed by atoms with Gasteiger partial charge in [-0.25, -0.2) is 0 Å². The van der Waals surface area contributed by atoms with Gasteiger partial charge in [0.05, 0.1) is 18.5 Å². The molecule has 1 atom stereocenters. The van der Waals surface area contributed by atoms with Crippen LogP contribution in [0.15, 0.2) is 34.9 Å². The molecule has 1 aromatic heterocycles. The van der Waals surface area contributed by atoms with Crippen molar-refractivity contribution in [2.45, 2.75) is 19.4 Å². The van der Waals surface area contributed by atoms with Crippen molar-refractivity contribution in [1.29, 1.82) is 0 Å². The summed E-state index contributed by atoms with van der Waals surface area (Å²) in [5, 5.41) is 14.6. The van der Waals surface area contributed by atoms with Crippen LogP contribution in [0.2, 0.25) is 0 Å². The van der Waals surface area contributed by atoms with E-state index in [0.29, 0.717) is 11.3 Å². The van der Waals surface area contributed by atoms with Crippen molar-refractivity contribution >= 4 is 17.6 Å². The number of hydrogen-bond donors (Lipinski definition) is 0. The van der Waals surface area contributed by atoms with Crippen LogP contribution in [-0.2, 0) is 9.53 Å². The van der Waals surface area contributed by atoms with E-state index in [-0.39, 0.29) is 17.9 Å². The maximum Gasteiger partial charge on any atom is 0.307 e. The molecular formula is C16H17N3O6. The fourth-order valence-electron chi connectivity index (χ4n) is 2.13. The van der Waals surface area contributed by atoms with Gasteiger partial charge in [0.25, 0.3) is 11.6 Å². The Morgan fingerprint density at radius 2 is 2.12 bits per heavy atom. The van der Waals surface area contributed by atoms with Gasteiger partial charge < -0.3 is 14.2 Å². The number of carbonyl (C=O) groups excluding carboxylic acids is 2. The lowest BCUT2D eigenvalue weighted by molar-refractivity contribution is -0.384. The summed E-state index contributed by atoms with van der Waals surface area (Å²) in [4.78, 5) is 35.4. The van der Waals surface area contributed by atoms with Crippen molar-refractivity contribution in [3.8, 4) is 11.3 Å². The Balaban J connectivity index is 2.17. The van der Waals surface area contributed by atoms with Crippen LogP contribution in [0, 0.1) is 10.1 Å². The van der Waals surface area contributed by atoms with Gasteiger partial charge in [0, 0.05) is 36.9 Å². The van der Waals surface area contributed by atoms with Gasteiger partial charge in [0.15, 0.2) is 0 Å². The number of methoxy groups -OCH3 is 1. The van der Waals surface area contributed by atoms with Crippen molar-refractivity contribution in [1.82, 2.24) is 10.1 Å². The monoisotopic (exact) mass is 347 g/mol. The van der Waals surface area contributed by atoms with Gasteiger partial charge in [-0.15, -0.1) is 0 Å². The quantitative estimate of drug-likeness (QED) is 0.447. The molecule has 1 aromatic carbocycles. The summed E-state index contributed by atoms with van der Waals surface area (Å²) in [5.74, 6) is -0.914. The Kier molecular flexibility index (Phi) is 5.48. The zero-order valence-corrected chi connectivity index (χ0v) is 14.0. The highest BCUT2D eigenvalue weighted by molar-refractivity contribution is 5.92.